The number of hydroxylamine groups is 1. The van der Waals surface area contributed by atoms with Gasteiger partial charge in [0, 0.05) is 42.0 Å². The Balaban J connectivity index is 1.36. The number of H-pyrrole nitrogens is 1. The van der Waals surface area contributed by atoms with Gasteiger partial charge in [-0.2, -0.15) is 13.2 Å². The van der Waals surface area contributed by atoms with Crippen LogP contribution in [0.1, 0.15) is 30.6 Å². The van der Waals surface area contributed by atoms with E-state index < -0.39 is 29.3 Å². The number of para-hydroxylation sites is 1. The van der Waals surface area contributed by atoms with Crippen molar-refractivity contribution in [3.8, 4) is 0 Å². The molecule has 3 aromatic rings. The molecule has 2 aromatic heterocycles. The van der Waals surface area contributed by atoms with Gasteiger partial charge in [0.05, 0.1) is 5.52 Å². The molecule has 0 fully saturated rings. The van der Waals surface area contributed by atoms with E-state index >= 15 is 0 Å². The van der Waals surface area contributed by atoms with Crippen LogP contribution in [0, 0.1) is 0 Å². The lowest BCUT2D eigenvalue weighted by atomic mass is 10.1. The molecule has 1 aromatic carbocycles. The average molecular weight is 459 g/mol. The molecule has 0 saturated heterocycles. The highest BCUT2D eigenvalue weighted by molar-refractivity contribution is 5.93. The zero-order chi connectivity index (χ0) is 23.6. The van der Waals surface area contributed by atoms with Crippen molar-refractivity contribution in [2.24, 2.45) is 0 Å². The summed E-state index contributed by atoms with van der Waals surface area (Å²) < 4.78 is 38.8. The van der Waals surface area contributed by atoms with Crippen LogP contribution in [0.3, 0.4) is 0 Å². The fourth-order valence-electron chi connectivity index (χ4n) is 3.39. The maximum Gasteiger partial charge on any atom is 0.421 e. The second-order valence-electron chi connectivity index (χ2n) is 7.52. The summed E-state index contributed by atoms with van der Waals surface area (Å²) in [7, 11) is 0. The third kappa shape index (κ3) is 5.03. The van der Waals surface area contributed by atoms with Gasteiger partial charge in [0.2, 0.25) is 5.95 Å². The predicted octanol–water partition coefficient (Wildman–Crippen LogP) is 3.28. The number of carbonyl (C=O) groups is 1. The SMILES string of the molecule is CC(ONC(=O)C1=CCN(c2ncc3ccccc3n2)CC1)c1c[nH]c(=O)c(C(F)(F)F)c1. The van der Waals surface area contributed by atoms with E-state index in [0.29, 0.717) is 37.1 Å². The van der Waals surface area contributed by atoms with Crippen molar-refractivity contribution < 1.29 is 22.8 Å². The summed E-state index contributed by atoms with van der Waals surface area (Å²) in [5.41, 5.74) is 1.08. The second-order valence-corrected chi connectivity index (χ2v) is 7.52. The maximum atomic E-state index is 12.9. The van der Waals surface area contributed by atoms with Gasteiger partial charge in [-0.3, -0.25) is 14.4 Å². The molecule has 4 rings (SSSR count). The normalized spacial score (nSPS) is 15.3. The van der Waals surface area contributed by atoms with E-state index in [0.717, 1.165) is 17.1 Å². The van der Waals surface area contributed by atoms with E-state index in [9.17, 15) is 22.8 Å². The predicted molar refractivity (Wildman–Crippen MR) is 114 cm³/mol. The fourth-order valence-corrected chi connectivity index (χ4v) is 3.39. The van der Waals surface area contributed by atoms with E-state index in [1.54, 1.807) is 12.3 Å². The van der Waals surface area contributed by atoms with Gasteiger partial charge in [0.1, 0.15) is 11.7 Å². The van der Waals surface area contributed by atoms with Crippen LogP contribution < -0.4 is 15.9 Å². The van der Waals surface area contributed by atoms with E-state index in [4.69, 9.17) is 4.84 Å². The van der Waals surface area contributed by atoms with E-state index in [-0.39, 0.29) is 5.56 Å². The highest BCUT2D eigenvalue weighted by atomic mass is 19.4. The van der Waals surface area contributed by atoms with Crippen LogP contribution in [0.15, 0.2) is 59.2 Å². The summed E-state index contributed by atoms with van der Waals surface area (Å²) in [6.45, 7) is 2.40. The Kier molecular flexibility index (Phi) is 6.14. The van der Waals surface area contributed by atoms with Crippen molar-refractivity contribution in [2.75, 3.05) is 18.0 Å². The molecular weight excluding hydrogens is 439 g/mol. The molecule has 1 aliphatic heterocycles. The fraction of sp³-hybridized carbons (Fsp3) is 0.273. The van der Waals surface area contributed by atoms with Gasteiger partial charge in [-0.1, -0.05) is 24.3 Å². The molecule has 1 unspecified atom stereocenters. The zero-order valence-corrected chi connectivity index (χ0v) is 17.5. The molecular formula is C22H20F3N5O3. The van der Waals surface area contributed by atoms with Crippen LogP contribution in [0.4, 0.5) is 19.1 Å². The molecule has 1 amide bonds. The molecule has 0 saturated carbocycles. The first kappa shape index (κ1) is 22.5. The Labute approximate surface area is 186 Å². The van der Waals surface area contributed by atoms with Crippen molar-refractivity contribution in [3.63, 3.8) is 0 Å². The molecule has 0 bridgehead atoms. The van der Waals surface area contributed by atoms with E-state index in [1.807, 2.05) is 34.1 Å². The van der Waals surface area contributed by atoms with Gasteiger partial charge in [0.25, 0.3) is 11.5 Å². The molecule has 1 aliphatic rings. The molecule has 1 atom stereocenters. The topological polar surface area (TPSA) is 100 Å². The Hall–Kier alpha value is -3.73. The summed E-state index contributed by atoms with van der Waals surface area (Å²) in [5.74, 6) is 0.0780. The number of halogens is 3. The first-order valence-corrected chi connectivity index (χ1v) is 10.1. The monoisotopic (exact) mass is 459 g/mol. The average Bonchev–Trinajstić information content (AvgIpc) is 2.81. The van der Waals surface area contributed by atoms with Crippen LogP contribution in [0.25, 0.3) is 10.9 Å². The lowest BCUT2D eigenvalue weighted by molar-refractivity contribution is -0.139. The molecule has 11 heteroatoms. The number of carbonyl (C=O) groups excluding carboxylic acids is 1. The lowest BCUT2D eigenvalue weighted by Crippen LogP contribution is -2.35. The van der Waals surface area contributed by atoms with Crippen LogP contribution in [0.5, 0.6) is 0 Å². The van der Waals surface area contributed by atoms with E-state index in [1.165, 1.54) is 6.92 Å². The van der Waals surface area contributed by atoms with Gasteiger partial charge in [-0.15, -0.1) is 0 Å². The summed E-state index contributed by atoms with van der Waals surface area (Å²) in [4.78, 5) is 42.0. The molecule has 8 nitrogen and oxygen atoms in total. The lowest BCUT2D eigenvalue weighted by Gasteiger charge is -2.26. The molecule has 3 heterocycles. The minimum absolute atomic E-state index is 0.0690. The molecule has 33 heavy (non-hydrogen) atoms. The smallest absolute Gasteiger partial charge is 0.337 e. The van der Waals surface area contributed by atoms with Crippen molar-refractivity contribution >= 4 is 22.8 Å². The van der Waals surface area contributed by atoms with E-state index in [2.05, 4.69) is 15.4 Å². The Morgan fingerprint density at radius 3 is 2.82 bits per heavy atom. The number of nitrogens with one attached hydrogen (secondary N) is 2. The van der Waals surface area contributed by atoms with Gasteiger partial charge in [0.15, 0.2) is 0 Å². The number of amides is 1. The van der Waals surface area contributed by atoms with Crippen LogP contribution in [-0.4, -0.2) is 33.9 Å². The zero-order valence-electron chi connectivity index (χ0n) is 17.5. The third-order valence-electron chi connectivity index (χ3n) is 5.29. The molecule has 0 radical (unpaired) electrons. The number of alkyl halides is 3. The quantitative estimate of drug-likeness (QED) is 0.568. The number of nitrogens with zero attached hydrogens (tertiary/aromatic N) is 3. The number of hydrogen-bond donors (Lipinski definition) is 2. The van der Waals surface area contributed by atoms with Crippen LogP contribution in [0.2, 0.25) is 0 Å². The van der Waals surface area contributed by atoms with Gasteiger partial charge in [-0.25, -0.2) is 15.4 Å². The van der Waals surface area contributed by atoms with Crippen LogP contribution in [-0.2, 0) is 15.8 Å². The maximum absolute atomic E-state index is 12.9. The Morgan fingerprint density at radius 1 is 1.30 bits per heavy atom. The third-order valence-corrected chi connectivity index (χ3v) is 5.29. The largest absolute Gasteiger partial charge is 0.421 e. The molecule has 0 aliphatic carbocycles. The van der Waals surface area contributed by atoms with Gasteiger partial charge in [-0.05, 0) is 25.5 Å². The van der Waals surface area contributed by atoms with Gasteiger partial charge >= 0.3 is 6.18 Å². The minimum atomic E-state index is -4.79. The Morgan fingerprint density at radius 2 is 2.09 bits per heavy atom. The number of fused-ring (bicyclic) bond motifs is 1. The Bertz CT molecular complexity index is 1270. The summed E-state index contributed by atoms with van der Waals surface area (Å²) in [5, 5.41) is 0.935. The summed E-state index contributed by atoms with van der Waals surface area (Å²) in [6.07, 6.45) is -0.696. The number of anilines is 1. The summed E-state index contributed by atoms with van der Waals surface area (Å²) >= 11 is 0. The van der Waals surface area contributed by atoms with Crippen molar-refractivity contribution in [1.82, 2.24) is 20.4 Å². The number of aromatic nitrogens is 3. The number of hydrogen-bond acceptors (Lipinski definition) is 6. The van der Waals surface area contributed by atoms with Crippen molar-refractivity contribution in [2.45, 2.75) is 25.6 Å². The first-order valence-electron chi connectivity index (χ1n) is 10.1. The standard InChI is InChI=1S/C22H20F3N5O3/c1-13(16-10-17(22(23,24)25)20(32)26-12-16)33-29-19(31)14-6-8-30(9-7-14)21-27-11-15-4-2-3-5-18(15)28-21/h2-6,10-13H,7-9H2,1H3,(H,26,32)(H,29,31). The molecule has 172 valence electrons. The van der Waals surface area contributed by atoms with Crippen LogP contribution >= 0.6 is 0 Å². The first-order chi connectivity index (χ1) is 15.7. The number of rotatable bonds is 5. The highest BCUT2D eigenvalue weighted by Crippen LogP contribution is 2.28. The highest BCUT2D eigenvalue weighted by Gasteiger charge is 2.34. The second kappa shape index (κ2) is 9.02. The van der Waals surface area contributed by atoms with Crippen molar-refractivity contribution in [3.05, 3.63) is 75.9 Å². The number of pyridine rings is 1. The summed E-state index contributed by atoms with van der Waals surface area (Å²) in [6, 6.07) is 8.34. The molecule has 0 spiro atoms. The van der Waals surface area contributed by atoms with Crippen molar-refractivity contribution in [1.29, 1.82) is 0 Å². The van der Waals surface area contributed by atoms with Gasteiger partial charge < -0.3 is 9.88 Å². The number of benzene rings is 1. The molecule has 2 N–H and O–H groups in total. The number of aromatic amines is 1. The minimum Gasteiger partial charge on any atom is -0.337 e.